The molecule has 0 aliphatic rings. The summed E-state index contributed by atoms with van der Waals surface area (Å²) < 4.78 is 78.1. The lowest BCUT2D eigenvalue weighted by molar-refractivity contribution is -0.138. The normalized spacial score (nSPS) is 13.0. The SMILES string of the molecule is FC(F)(F)c1ccc2c(ccc3c2ccc2c4ccc(C(F)(F)F)cc4ccc23)c1. The van der Waals surface area contributed by atoms with Crippen molar-refractivity contribution in [2.24, 2.45) is 0 Å². The molecule has 0 N–H and O–H groups in total. The summed E-state index contributed by atoms with van der Waals surface area (Å²) in [5.74, 6) is 0. The van der Waals surface area contributed by atoms with Crippen molar-refractivity contribution in [3.05, 3.63) is 83.9 Å². The first-order chi connectivity index (χ1) is 14.1. The van der Waals surface area contributed by atoms with Gasteiger partial charge in [-0.2, -0.15) is 26.3 Å². The fourth-order valence-electron chi connectivity index (χ4n) is 4.06. The highest BCUT2D eigenvalue weighted by Gasteiger charge is 2.31. The van der Waals surface area contributed by atoms with Crippen LogP contribution in [-0.2, 0) is 12.4 Å². The number of hydrogen-bond donors (Lipinski definition) is 0. The van der Waals surface area contributed by atoms with Gasteiger partial charge in [-0.3, -0.25) is 0 Å². The van der Waals surface area contributed by atoms with E-state index >= 15 is 0 Å². The van der Waals surface area contributed by atoms with Crippen LogP contribution in [0.5, 0.6) is 0 Å². The standard InChI is InChI=1S/C24H12F6/c25-23(26,27)15-3-7-17-13(11-15)1-5-21-19(17)9-10-20-18-8-4-16(24(28,29)30)12-14(18)2-6-22(20)21/h1-12H. The number of rotatable bonds is 0. The lowest BCUT2D eigenvalue weighted by Gasteiger charge is -2.13. The average Bonchev–Trinajstić information content (AvgIpc) is 2.70. The summed E-state index contributed by atoms with van der Waals surface area (Å²) >= 11 is 0. The van der Waals surface area contributed by atoms with Crippen LogP contribution in [0.2, 0.25) is 0 Å². The second kappa shape index (κ2) is 6.11. The van der Waals surface area contributed by atoms with Gasteiger partial charge in [0.1, 0.15) is 0 Å². The largest absolute Gasteiger partial charge is 0.416 e. The summed E-state index contributed by atoms with van der Waals surface area (Å²) in [6.07, 6.45) is -8.83. The predicted molar refractivity (Wildman–Crippen MR) is 106 cm³/mol. The molecule has 0 nitrogen and oxygen atoms in total. The van der Waals surface area contributed by atoms with E-state index in [9.17, 15) is 26.3 Å². The van der Waals surface area contributed by atoms with Gasteiger partial charge in [-0.15, -0.1) is 0 Å². The Labute approximate surface area is 166 Å². The van der Waals surface area contributed by atoms with E-state index in [4.69, 9.17) is 0 Å². The topological polar surface area (TPSA) is 0 Å². The minimum atomic E-state index is -4.42. The van der Waals surface area contributed by atoms with Crippen LogP contribution in [-0.4, -0.2) is 0 Å². The van der Waals surface area contributed by atoms with Crippen LogP contribution in [0.1, 0.15) is 11.1 Å². The third kappa shape index (κ3) is 2.86. The van der Waals surface area contributed by atoms with Crippen LogP contribution >= 0.6 is 0 Å². The predicted octanol–water partition coefficient (Wildman–Crippen LogP) is 8.34. The van der Waals surface area contributed by atoms with Crippen molar-refractivity contribution < 1.29 is 26.3 Å². The number of halogens is 6. The van der Waals surface area contributed by atoms with E-state index in [0.29, 0.717) is 21.5 Å². The summed E-state index contributed by atoms with van der Waals surface area (Å²) in [6, 6.07) is 17.7. The molecule has 0 aromatic heterocycles. The first-order valence-corrected chi connectivity index (χ1v) is 9.09. The number of hydrogen-bond acceptors (Lipinski definition) is 0. The van der Waals surface area contributed by atoms with Crippen molar-refractivity contribution in [3.63, 3.8) is 0 Å². The van der Waals surface area contributed by atoms with E-state index in [0.717, 1.165) is 45.8 Å². The Morgan fingerprint density at radius 3 is 1.03 bits per heavy atom. The van der Waals surface area contributed by atoms with Gasteiger partial charge in [0.15, 0.2) is 0 Å². The lowest BCUT2D eigenvalue weighted by atomic mass is 9.93. The molecule has 0 unspecified atom stereocenters. The van der Waals surface area contributed by atoms with Gasteiger partial charge >= 0.3 is 12.4 Å². The zero-order valence-corrected chi connectivity index (χ0v) is 15.2. The van der Waals surface area contributed by atoms with E-state index < -0.39 is 23.5 Å². The van der Waals surface area contributed by atoms with Gasteiger partial charge in [0.2, 0.25) is 0 Å². The molecule has 30 heavy (non-hydrogen) atoms. The van der Waals surface area contributed by atoms with E-state index in [1.54, 1.807) is 24.3 Å². The molecule has 0 saturated heterocycles. The van der Waals surface area contributed by atoms with Crippen molar-refractivity contribution in [3.8, 4) is 0 Å². The van der Waals surface area contributed by atoms with E-state index in [1.807, 2.05) is 12.1 Å². The second-order valence-electron chi connectivity index (χ2n) is 7.25. The quantitative estimate of drug-likeness (QED) is 0.176. The first kappa shape index (κ1) is 18.7. The molecule has 0 heterocycles. The smallest absolute Gasteiger partial charge is 0.166 e. The Bertz CT molecular complexity index is 1350. The second-order valence-corrected chi connectivity index (χ2v) is 7.25. The van der Waals surface area contributed by atoms with Gasteiger partial charge in [-0.25, -0.2) is 0 Å². The number of benzene rings is 5. The zero-order valence-electron chi connectivity index (χ0n) is 15.2. The summed E-state index contributed by atoms with van der Waals surface area (Å²) in [7, 11) is 0. The van der Waals surface area contributed by atoms with Crippen molar-refractivity contribution in [1.29, 1.82) is 0 Å². The molecule has 0 bridgehead atoms. The highest BCUT2D eigenvalue weighted by Crippen LogP contribution is 2.38. The Balaban J connectivity index is 1.78. The highest BCUT2D eigenvalue weighted by molar-refractivity contribution is 6.22. The molecule has 0 spiro atoms. The maximum atomic E-state index is 13.0. The lowest BCUT2D eigenvalue weighted by Crippen LogP contribution is -2.04. The Morgan fingerprint density at radius 2 is 0.667 bits per heavy atom. The van der Waals surface area contributed by atoms with Gasteiger partial charge in [-0.05, 0) is 67.4 Å². The first-order valence-electron chi connectivity index (χ1n) is 9.09. The minimum absolute atomic E-state index is 0.479. The van der Waals surface area contributed by atoms with Crippen molar-refractivity contribution in [2.45, 2.75) is 12.4 Å². The maximum Gasteiger partial charge on any atom is 0.416 e. The molecule has 0 amide bonds. The third-order valence-corrected chi connectivity index (χ3v) is 5.48. The van der Waals surface area contributed by atoms with Gasteiger partial charge in [0, 0.05) is 0 Å². The fourth-order valence-corrected chi connectivity index (χ4v) is 4.06. The monoisotopic (exact) mass is 414 g/mol. The number of fused-ring (bicyclic) bond motifs is 7. The Hall–Kier alpha value is -3.28. The van der Waals surface area contributed by atoms with Crippen molar-refractivity contribution >= 4 is 43.1 Å². The van der Waals surface area contributed by atoms with Crippen LogP contribution in [0.4, 0.5) is 26.3 Å². The molecular formula is C24H12F6. The third-order valence-electron chi connectivity index (χ3n) is 5.48. The molecule has 0 saturated carbocycles. The molecule has 0 fully saturated rings. The van der Waals surface area contributed by atoms with Crippen LogP contribution in [0.25, 0.3) is 43.1 Å². The van der Waals surface area contributed by atoms with Crippen molar-refractivity contribution in [2.75, 3.05) is 0 Å². The Morgan fingerprint density at radius 1 is 0.367 bits per heavy atom. The van der Waals surface area contributed by atoms with Gasteiger partial charge in [0.05, 0.1) is 11.1 Å². The summed E-state index contributed by atoms with van der Waals surface area (Å²) in [5, 5.41) is 5.59. The molecule has 5 aromatic carbocycles. The molecule has 6 heteroatoms. The van der Waals surface area contributed by atoms with Crippen LogP contribution in [0.3, 0.4) is 0 Å². The molecule has 5 rings (SSSR count). The maximum absolute atomic E-state index is 13.0. The van der Waals surface area contributed by atoms with Gasteiger partial charge in [0.25, 0.3) is 0 Å². The molecule has 5 aromatic rings. The van der Waals surface area contributed by atoms with Crippen LogP contribution < -0.4 is 0 Å². The molecule has 0 atom stereocenters. The van der Waals surface area contributed by atoms with Gasteiger partial charge < -0.3 is 0 Å². The summed E-state index contributed by atoms with van der Waals surface area (Å²) in [6.45, 7) is 0. The van der Waals surface area contributed by atoms with E-state index in [2.05, 4.69) is 0 Å². The molecule has 0 aliphatic heterocycles. The highest BCUT2D eigenvalue weighted by atomic mass is 19.4. The number of alkyl halides is 6. The molecular weight excluding hydrogens is 402 g/mol. The molecule has 0 aliphatic carbocycles. The van der Waals surface area contributed by atoms with E-state index in [1.165, 1.54) is 12.1 Å². The van der Waals surface area contributed by atoms with Crippen molar-refractivity contribution in [1.82, 2.24) is 0 Å². The molecule has 150 valence electrons. The van der Waals surface area contributed by atoms with Gasteiger partial charge in [-0.1, -0.05) is 48.5 Å². The van der Waals surface area contributed by atoms with Crippen LogP contribution in [0.15, 0.2) is 72.8 Å². The fraction of sp³-hybridized carbons (Fsp3) is 0.0833. The zero-order chi connectivity index (χ0) is 21.3. The average molecular weight is 414 g/mol. The Kier molecular flexibility index (Phi) is 3.81. The summed E-state index contributed by atoms with van der Waals surface area (Å²) in [4.78, 5) is 0. The minimum Gasteiger partial charge on any atom is -0.166 e. The molecule has 0 radical (unpaired) electrons. The van der Waals surface area contributed by atoms with Crippen LogP contribution in [0, 0.1) is 0 Å². The summed E-state index contributed by atoms with van der Waals surface area (Å²) in [5.41, 5.74) is -1.41. The van der Waals surface area contributed by atoms with E-state index in [-0.39, 0.29) is 0 Å².